The summed E-state index contributed by atoms with van der Waals surface area (Å²) in [6, 6.07) is -0.427. The fourth-order valence-corrected chi connectivity index (χ4v) is 1.58. The van der Waals surface area contributed by atoms with Crippen LogP contribution in [0.5, 0.6) is 0 Å². The Morgan fingerprint density at radius 2 is 2.53 bits per heavy atom. The summed E-state index contributed by atoms with van der Waals surface area (Å²) < 4.78 is 6.59. The predicted molar refractivity (Wildman–Crippen MR) is 51.4 cm³/mol. The molecular weight excluding hydrogens is 198 g/mol. The number of hydrogen-bond donors (Lipinski definition) is 1. The number of morpholine rings is 1. The Morgan fingerprint density at radius 3 is 3.20 bits per heavy atom. The molecule has 1 unspecified atom stereocenters. The van der Waals surface area contributed by atoms with Gasteiger partial charge in [0.2, 0.25) is 0 Å². The summed E-state index contributed by atoms with van der Waals surface area (Å²) in [6.45, 7) is 1.32. The number of amides is 1. The fraction of sp³-hybridized carbons (Fsp3) is 0.556. The number of aliphatic hydroxyl groups is 1. The summed E-state index contributed by atoms with van der Waals surface area (Å²) >= 11 is 0. The molecule has 0 saturated carbocycles. The summed E-state index contributed by atoms with van der Waals surface area (Å²) in [6.07, 6.45) is 4.59. The van der Waals surface area contributed by atoms with Gasteiger partial charge in [0.25, 0.3) is 0 Å². The molecule has 0 aliphatic carbocycles. The van der Waals surface area contributed by atoms with Gasteiger partial charge >= 0.3 is 6.03 Å². The van der Waals surface area contributed by atoms with Gasteiger partial charge in [-0.2, -0.15) is 0 Å². The fourth-order valence-electron chi connectivity index (χ4n) is 1.58. The summed E-state index contributed by atoms with van der Waals surface area (Å²) in [5, 5.41) is 9.11. The van der Waals surface area contributed by atoms with Crippen LogP contribution in [0.3, 0.4) is 0 Å². The van der Waals surface area contributed by atoms with E-state index < -0.39 is 0 Å². The number of hydrogen-bond acceptors (Lipinski definition) is 4. The number of carbonyl (C=O) groups is 1. The molecule has 0 bridgehead atoms. The van der Waals surface area contributed by atoms with Gasteiger partial charge in [-0.1, -0.05) is 0 Å². The average Bonchev–Trinajstić information content (AvgIpc) is 2.81. The van der Waals surface area contributed by atoms with Gasteiger partial charge in [-0.05, 0) is 0 Å². The monoisotopic (exact) mass is 211 g/mol. The van der Waals surface area contributed by atoms with E-state index in [1.54, 1.807) is 17.3 Å². The van der Waals surface area contributed by atoms with Gasteiger partial charge in [0.1, 0.15) is 6.33 Å². The maximum absolute atomic E-state index is 11.9. The van der Waals surface area contributed by atoms with Crippen molar-refractivity contribution in [2.45, 2.75) is 6.04 Å². The number of rotatable bonds is 1. The first-order valence-corrected chi connectivity index (χ1v) is 4.80. The molecule has 1 aromatic heterocycles. The molecule has 0 spiro atoms. The van der Waals surface area contributed by atoms with Crippen LogP contribution in [0.4, 0.5) is 4.79 Å². The molecule has 1 atom stereocenters. The van der Waals surface area contributed by atoms with Crippen molar-refractivity contribution in [2.75, 3.05) is 26.4 Å². The second kappa shape index (κ2) is 4.41. The Labute approximate surface area is 87.1 Å². The smallest absolute Gasteiger partial charge is 0.329 e. The highest BCUT2D eigenvalue weighted by Crippen LogP contribution is 2.08. The zero-order chi connectivity index (χ0) is 10.7. The molecule has 1 N–H and O–H groups in total. The first-order valence-electron chi connectivity index (χ1n) is 4.80. The van der Waals surface area contributed by atoms with Crippen LogP contribution in [0, 0.1) is 0 Å². The van der Waals surface area contributed by atoms with Crippen LogP contribution in [-0.2, 0) is 4.74 Å². The lowest BCUT2D eigenvalue weighted by molar-refractivity contribution is -0.00735. The first-order chi connectivity index (χ1) is 7.33. The van der Waals surface area contributed by atoms with E-state index in [2.05, 4.69) is 4.98 Å². The van der Waals surface area contributed by atoms with Crippen molar-refractivity contribution in [1.29, 1.82) is 0 Å². The zero-order valence-corrected chi connectivity index (χ0v) is 8.24. The molecule has 1 aromatic rings. The Bertz CT molecular complexity index is 325. The van der Waals surface area contributed by atoms with E-state index in [0.717, 1.165) is 0 Å². The van der Waals surface area contributed by atoms with Crippen LogP contribution in [0.25, 0.3) is 0 Å². The molecule has 1 aliphatic rings. The Hall–Kier alpha value is -1.40. The van der Waals surface area contributed by atoms with Crippen molar-refractivity contribution in [3.05, 3.63) is 18.7 Å². The Balaban J connectivity index is 2.11. The van der Waals surface area contributed by atoms with Crippen LogP contribution in [0.1, 0.15) is 0 Å². The minimum absolute atomic E-state index is 0.0829. The minimum atomic E-state index is -0.256. The predicted octanol–water partition coefficient (Wildman–Crippen LogP) is -0.456. The van der Waals surface area contributed by atoms with Gasteiger partial charge in [0, 0.05) is 18.9 Å². The third-order valence-electron chi connectivity index (χ3n) is 2.41. The molecule has 0 radical (unpaired) electrons. The SMILES string of the molecule is O=C(N1CCOCC1CO)n1ccnc1. The van der Waals surface area contributed by atoms with Crippen LogP contribution < -0.4 is 0 Å². The molecule has 2 heterocycles. The highest BCUT2D eigenvalue weighted by molar-refractivity contribution is 5.77. The largest absolute Gasteiger partial charge is 0.394 e. The third kappa shape index (κ3) is 2.00. The zero-order valence-electron chi connectivity index (χ0n) is 8.24. The van der Waals surface area contributed by atoms with Gasteiger partial charge in [-0.3, -0.25) is 4.57 Å². The van der Waals surface area contributed by atoms with E-state index in [4.69, 9.17) is 9.84 Å². The minimum Gasteiger partial charge on any atom is -0.394 e. The highest BCUT2D eigenvalue weighted by atomic mass is 16.5. The van der Waals surface area contributed by atoms with Crippen LogP contribution in [-0.4, -0.2) is 58.0 Å². The molecule has 0 aromatic carbocycles. The molecule has 15 heavy (non-hydrogen) atoms. The summed E-state index contributed by atoms with van der Waals surface area (Å²) in [4.78, 5) is 17.3. The van der Waals surface area contributed by atoms with Crippen molar-refractivity contribution in [2.24, 2.45) is 0 Å². The Kier molecular flexibility index (Phi) is 2.98. The van der Waals surface area contributed by atoms with Crippen LogP contribution in [0.15, 0.2) is 18.7 Å². The molecule has 6 nitrogen and oxygen atoms in total. The summed E-state index contributed by atoms with van der Waals surface area (Å²) in [5.74, 6) is 0. The van der Waals surface area contributed by atoms with E-state index in [-0.39, 0.29) is 18.7 Å². The second-order valence-corrected chi connectivity index (χ2v) is 3.36. The topological polar surface area (TPSA) is 67.6 Å². The van der Waals surface area contributed by atoms with E-state index in [1.807, 2.05) is 0 Å². The van der Waals surface area contributed by atoms with Gasteiger partial charge in [-0.25, -0.2) is 9.78 Å². The number of nitrogens with zero attached hydrogens (tertiary/aromatic N) is 3. The van der Waals surface area contributed by atoms with Crippen molar-refractivity contribution >= 4 is 6.03 Å². The average molecular weight is 211 g/mol. The van der Waals surface area contributed by atoms with Gasteiger partial charge in [0.05, 0.1) is 25.9 Å². The van der Waals surface area contributed by atoms with Crippen LogP contribution >= 0.6 is 0 Å². The first kappa shape index (κ1) is 10.1. The number of aliphatic hydroxyl groups excluding tert-OH is 1. The van der Waals surface area contributed by atoms with E-state index in [1.165, 1.54) is 10.9 Å². The normalized spacial score (nSPS) is 21.7. The van der Waals surface area contributed by atoms with Gasteiger partial charge in [0.15, 0.2) is 0 Å². The standard InChI is InChI=1S/C9H13N3O3/c13-5-8-6-15-4-3-12(8)9(14)11-2-1-10-7-11/h1-2,7-8,13H,3-6H2. The number of aromatic nitrogens is 2. The molecule has 1 aliphatic heterocycles. The van der Waals surface area contributed by atoms with E-state index in [9.17, 15) is 4.79 Å². The quantitative estimate of drug-likeness (QED) is 0.682. The number of carbonyl (C=O) groups excluding carboxylic acids is 1. The van der Waals surface area contributed by atoms with Gasteiger partial charge < -0.3 is 14.7 Å². The Morgan fingerprint density at radius 1 is 1.67 bits per heavy atom. The summed E-state index contributed by atoms with van der Waals surface area (Å²) in [5.41, 5.74) is 0. The lowest BCUT2D eigenvalue weighted by atomic mass is 10.2. The van der Waals surface area contributed by atoms with Crippen molar-refractivity contribution < 1.29 is 14.6 Å². The lowest BCUT2D eigenvalue weighted by Gasteiger charge is -2.34. The molecule has 1 saturated heterocycles. The number of imidazole rings is 1. The molecule has 6 heteroatoms. The second-order valence-electron chi connectivity index (χ2n) is 3.36. The van der Waals surface area contributed by atoms with E-state index >= 15 is 0 Å². The molecule has 1 fully saturated rings. The van der Waals surface area contributed by atoms with E-state index in [0.29, 0.717) is 19.8 Å². The van der Waals surface area contributed by atoms with Crippen molar-refractivity contribution in [3.63, 3.8) is 0 Å². The number of ether oxygens (including phenoxy) is 1. The lowest BCUT2D eigenvalue weighted by Crippen LogP contribution is -2.51. The highest BCUT2D eigenvalue weighted by Gasteiger charge is 2.27. The van der Waals surface area contributed by atoms with Crippen molar-refractivity contribution in [3.8, 4) is 0 Å². The molecular formula is C9H13N3O3. The maximum atomic E-state index is 11.9. The molecule has 82 valence electrons. The summed E-state index contributed by atoms with van der Waals surface area (Å²) in [7, 11) is 0. The van der Waals surface area contributed by atoms with Crippen LogP contribution in [0.2, 0.25) is 0 Å². The van der Waals surface area contributed by atoms with Gasteiger partial charge in [-0.15, -0.1) is 0 Å². The third-order valence-corrected chi connectivity index (χ3v) is 2.41. The molecule has 2 rings (SSSR count). The van der Waals surface area contributed by atoms with Crippen molar-refractivity contribution in [1.82, 2.24) is 14.5 Å². The molecule has 1 amide bonds. The maximum Gasteiger partial charge on any atom is 0.329 e.